The molecule has 1 saturated heterocycles. The van der Waals surface area contributed by atoms with Gasteiger partial charge in [-0.1, -0.05) is 20.8 Å². The second kappa shape index (κ2) is 5.99. The van der Waals surface area contributed by atoms with Gasteiger partial charge in [-0.3, -0.25) is 0 Å². The van der Waals surface area contributed by atoms with E-state index in [1.165, 1.54) is 24.5 Å². The Kier molecular flexibility index (Phi) is 5.28. The lowest BCUT2D eigenvalue weighted by atomic mass is 9.80. The Morgan fingerprint density at radius 1 is 1.50 bits per heavy atom. The lowest BCUT2D eigenvalue weighted by molar-refractivity contribution is 0.188. The molecule has 0 amide bonds. The van der Waals surface area contributed by atoms with Gasteiger partial charge in [0.05, 0.1) is 0 Å². The third-order valence-electron chi connectivity index (χ3n) is 2.97. The fourth-order valence-electron chi connectivity index (χ4n) is 2.00. The van der Waals surface area contributed by atoms with Gasteiger partial charge in [0.25, 0.3) is 0 Å². The van der Waals surface area contributed by atoms with Gasteiger partial charge in [0.1, 0.15) is 0 Å². The fourth-order valence-corrected chi connectivity index (χ4v) is 2.55. The molecule has 0 radical (unpaired) electrons. The molecule has 84 valence electrons. The highest BCUT2D eigenvalue weighted by atomic mass is 32.2. The molecule has 1 aliphatic rings. The summed E-state index contributed by atoms with van der Waals surface area (Å²) in [7, 11) is 0. The van der Waals surface area contributed by atoms with Gasteiger partial charge in [-0.25, -0.2) is 0 Å². The van der Waals surface area contributed by atoms with Crippen molar-refractivity contribution in [2.24, 2.45) is 5.41 Å². The maximum absolute atomic E-state index is 3.69. The van der Waals surface area contributed by atoms with Gasteiger partial charge >= 0.3 is 0 Å². The summed E-state index contributed by atoms with van der Waals surface area (Å²) in [4.78, 5) is 0. The first-order valence-electron chi connectivity index (χ1n) is 5.68. The lowest BCUT2D eigenvalue weighted by Crippen LogP contribution is -2.53. The quantitative estimate of drug-likeness (QED) is 0.684. The van der Waals surface area contributed by atoms with Gasteiger partial charge in [0, 0.05) is 24.9 Å². The molecule has 0 bridgehead atoms. The summed E-state index contributed by atoms with van der Waals surface area (Å²) in [6.07, 6.45) is 1.27. The van der Waals surface area contributed by atoms with Crippen molar-refractivity contribution in [1.29, 1.82) is 0 Å². The molecule has 3 heteroatoms. The minimum Gasteiger partial charge on any atom is -0.316 e. The van der Waals surface area contributed by atoms with Crippen LogP contribution in [0.2, 0.25) is 0 Å². The molecule has 1 aliphatic heterocycles. The maximum atomic E-state index is 3.69. The Hall–Kier alpha value is 0.270. The fraction of sp³-hybridized carbons (Fsp3) is 1.00. The number of hydrogen-bond donors (Lipinski definition) is 2. The van der Waals surface area contributed by atoms with E-state index in [1.807, 2.05) is 11.8 Å². The second-order valence-corrected chi connectivity index (χ2v) is 6.05. The standard InChI is InChI=1S/C11H24N2S/c1-4-14-8-7-13-10-5-6-12-9-11(10,2)3/h10,12-13H,4-9H2,1-3H3. The van der Waals surface area contributed by atoms with E-state index in [0.717, 1.165) is 13.1 Å². The van der Waals surface area contributed by atoms with Crippen molar-refractivity contribution in [2.75, 3.05) is 31.1 Å². The maximum Gasteiger partial charge on any atom is 0.0143 e. The average molecular weight is 216 g/mol. The topological polar surface area (TPSA) is 24.1 Å². The van der Waals surface area contributed by atoms with Crippen LogP contribution in [0.25, 0.3) is 0 Å². The molecule has 1 rings (SSSR count). The largest absolute Gasteiger partial charge is 0.316 e. The highest BCUT2D eigenvalue weighted by molar-refractivity contribution is 7.99. The summed E-state index contributed by atoms with van der Waals surface area (Å²) in [5, 5.41) is 7.15. The molecule has 2 nitrogen and oxygen atoms in total. The van der Waals surface area contributed by atoms with Crippen LogP contribution in [0, 0.1) is 5.41 Å². The molecule has 14 heavy (non-hydrogen) atoms. The van der Waals surface area contributed by atoms with E-state index in [9.17, 15) is 0 Å². The number of nitrogens with one attached hydrogen (secondary N) is 2. The van der Waals surface area contributed by atoms with E-state index < -0.39 is 0 Å². The van der Waals surface area contributed by atoms with Crippen molar-refractivity contribution in [3.8, 4) is 0 Å². The van der Waals surface area contributed by atoms with E-state index in [4.69, 9.17) is 0 Å². The van der Waals surface area contributed by atoms with Crippen LogP contribution in [-0.2, 0) is 0 Å². The SMILES string of the molecule is CCSCCNC1CCNCC1(C)C. The molecule has 2 N–H and O–H groups in total. The Labute approximate surface area is 92.6 Å². The van der Waals surface area contributed by atoms with Gasteiger partial charge in [-0.15, -0.1) is 0 Å². The van der Waals surface area contributed by atoms with Crippen LogP contribution in [0.1, 0.15) is 27.2 Å². The second-order valence-electron chi connectivity index (χ2n) is 4.66. The average Bonchev–Trinajstić information content (AvgIpc) is 2.14. The molecular weight excluding hydrogens is 192 g/mol. The molecule has 0 saturated carbocycles. The Morgan fingerprint density at radius 3 is 2.93 bits per heavy atom. The number of thioether (sulfide) groups is 1. The molecule has 0 spiro atoms. The molecule has 1 heterocycles. The third-order valence-corrected chi connectivity index (χ3v) is 3.88. The summed E-state index contributed by atoms with van der Waals surface area (Å²) in [5.41, 5.74) is 0.412. The van der Waals surface area contributed by atoms with Gasteiger partial charge in [-0.2, -0.15) is 11.8 Å². The first-order valence-corrected chi connectivity index (χ1v) is 6.84. The number of hydrogen-bond acceptors (Lipinski definition) is 3. The van der Waals surface area contributed by atoms with Crippen LogP contribution >= 0.6 is 11.8 Å². The van der Waals surface area contributed by atoms with Crippen LogP contribution in [-0.4, -0.2) is 37.2 Å². The van der Waals surface area contributed by atoms with E-state index in [-0.39, 0.29) is 0 Å². The highest BCUT2D eigenvalue weighted by Gasteiger charge is 2.31. The number of piperidine rings is 1. The lowest BCUT2D eigenvalue weighted by Gasteiger charge is -2.39. The zero-order chi connectivity index (χ0) is 10.4. The summed E-state index contributed by atoms with van der Waals surface area (Å²) in [5.74, 6) is 2.48. The number of rotatable bonds is 5. The first kappa shape index (κ1) is 12.3. The van der Waals surface area contributed by atoms with Crippen molar-refractivity contribution in [2.45, 2.75) is 33.2 Å². The van der Waals surface area contributed by atoms with Crippen LogP contribution in [0.5, 0.6) is 0 Å². The minimum absolute atomic E-state index is 0.412. The van der Waals surface area contributed by atoms with E-state index in [0.29, 0.717) is 11.5 Å². The van der Waals surface area contributed by atoms with Crippen molar-refractivity contribution in [3.05, 3.63) is 0 Å². The molecule has 0 aliphatic carbocycles. The minimum atomic E-state index is 0.412. The third kappa shape index (κ3) is 3.79. The monoisotopic (exact) mass is 216 g/mol. The zero-order valence-electron chi connectivity index (χ0n) is 9.73. The molecule has 0 aromatic heterocycles. The van der Waals surface area contributed by atoms with Crippen LogP contribution < -0.4 is 10.6 Å². The Bertz CT molecular complexity index is 159. The van der Waals surface area contributed by atoms with Gasteiger partial charge in [-0.05, 0) is 24.1 Å². The molecule has 0 aromatic rings. The van der Waals surface area contributed by atoms with Crippen LogP contribution in [0.3, 0.4) is 0 Å². The Morgan fingerprint density at radius 2 is 2.29 bits per heavy atom. The smallest absolute Gasteiger partial charge is 0.0143 e. The summed E-state index contributed by atoms with van der Waals surface area (Å²) in [6, 6.07) is 0.696. The molecule has 1 unspecified atom stereocenters. The summed E-state index contributed by atoms with van der Waals surface area (Å²) < 4.78 is 0. The molecule has 1 atom stereocenters. The predicted molar refractivity (Wildman–Crippen MR) is 66.1 cm³/mol. The van der Waals surface area contributed by atoms with E-state index in [1.54, 1.807) is 0 Å². The van der Waals surface area contributed by atoms with E-state index >= 15 is 0 Å². The molecule has 0 aromatic carbocycles. The van der Waals surface area contributed by atoms with Crippen molar-refractivity contribution >= 4 is 11.8 Å². The highest BCUT2D eigenvalue weighted by Crippen LogP contribution is 2.24. The van der Waals surface area contributed by atoms with Crippen molar-refractivity contribution in [1.82, 2.24) is 10.6 Å². The molecule has 1 fully saturated rings. The van der Waals surface area contributed by atoms with E-state index in [2.05, 4.69) is 31.4 Å². The normalized spacial score (nSPS) is 26.4. The first-order chi connectivity index (χ1) is 6.67. The van der Waals surface area contributed by atoms with Crippen LogP contribution in [0.4, 0.5) is 0 Å². The van der Waals surface area contributed by atoms with Gasteiger partial charge in [0.15, 0.2) is 0 Å². The van der Waals surface area contributed by atoms with Crippen molar-refractivity contribution < 1.29 is 0 Å². The zero-order valence-corrected chi connectivity index (χ0v) is 10.5. The summed E-state index contributed by atoms with van der Waals surface area (Å²) in [6.45, 7) is 10.4. The van der Waals surface area contributed by atoms with Crippen molar-refractivity contribution in [3.63, 3.8) is 0 Å². The van der Waals surface area contributed by atoms with Gasteiger partial charge < -0.3 is 10.6 Å². The molecular formula is C11H24N2S. The predicted octanol–water partition coefficient (Wildman–Crippen LogP) is 1.72. The van der Waals surface area contributed by atoms with Crippen LogP contribution in [0.15, 0.2) is 0 Å². The summed E-state index contributed by atoms with van der Waals surface area (Å²) >= 11 is 2.02. The Balaban J connectivity index is 2.20. The van der Waals surface area contributed by atoms with Gasteiger partial charge in [0.2, 0.25) is 0 Å².